The topological polar surface area (TPSA) is 153 Å². The summed E-state index contributed by atoms with van der Waals surface area (Å²) >= 11 is 0. The van der Waals surface area contributed by atoms with Gasteiger partial charge in [0.15, 0.2) is 6.79 Å². The number of rotatable bonds is 23. The number of benzene rings is 3. The van der Waals surface area contributed by atoms with E-state index in [1.807, 2.05) is 0 Å². The average Bonchev–Trinajstić information content (AvgIpc) is 3.13. The van der Waals surface area contributed by atoms with E-state index in [0.717, 1.165) is 11.6 Å². The summed E-state index contributed by atoms with van der Waals surface area (Å²) in [6, 6.07) is 17.9. The number of esters is 2. The first-order valence-corrected chi connectivity index (χ1v) is 15.6. The summed E-state index contributed by atoms with van der Waals surface area (Å²) in [7, 11) is 1.44. The summed E-state index contributed by atoms with van der Waals surface area (Å²) in [5, 5.41) is 4.45. The number of carbonyl (C=O) groups excluding carboxylic acids is 3. The van der Waals surface area contributed by atoms with Crippen LogP contribution in [0.25, 0.3) is 5.76 Å². The number of hydrogen-bond acceptors (Lipinski definition) is 14. The molecule has 0 saturated heterocycles. The van der Waals surface area contributed by atoms with Gasteiger partial charge in [0.2, 0.25) is 6.79 Å². The third kappa shape index (κ3) is 15.1. The van der Waals surface area contributed by atoms with Gasteiger partial charge in [0.25, 0.3) is 0 Å². The highest BCUT2D eigenvalue weighted by atomic mass is 17.5. The van der Waals surface area contributed by atoms with Gasteiger partial charge in [0.1, 0.15) is 34.5 Å². The molecule has 51 heavy (non-hydrogen) atoms. The maximum absolute atomic E-state index is 12.8. The molecule has 0 atom stereocenters. The predicted octanol–water partition coefficient (Wildman–Crippen LogP) is 7.03. The molecule has 0 aromatic heterocycles. The fourth-order valence-electron chi connectivity index (χ4n) is 3.84. The van der Waals surface area contributed by atoms with Crippen LogP contribution in [0.15, 0.2) is 98.3 Å². The Bertz CT molecular complexity index is 1600. The van der Waals surface area contributed by atoms with Crippen LogP contribution in [0, 0.1) is 6.92 Å². The van der Waals surface area contributed by atoms with E-state index < -0.39 is 18.1 Å². The smallest absolute Gasteiger partial charge is 0.493 e. The van der Waals surface area contributed by atoms with E-state index in [9.17, 15) is 14.4 Å². The highest BCUT2D eigenvalue weighted by molar-refractivity contribution is 5.91. The first kappa shape index (κ1) is 39.6. The van der Waals surface area contributed by atoms with Crippen molar-refractivity contribution in [2.24, 2.45) is 0 Å². The summed E-state index contributed by atoms with van der Waals surface area (Å²) in [5.74, 6) is 1.25. The van der Waals surface area contributed by atoms with E-state index in [-0.39, 0.29) is 44.9 Å². The third-order valence-corrected chi connectivity index (χ3v) is 6.46. The van der Waals surface area contributed by atoms with Gasteiger partial charge in [0.05, 0.1) is 25.4 Å². The number of ether oxygens (including phenoxy) is 8. The molecule has 0 aliphatic carbocycles. The Balaban J connectivity index is 1.35. The van der Waals surface area contributed by atoms with Gasteiger partial charge in [0, 0.05) is 25.2 Å². The first-order valence-electron chi connectivity index (χ1n) is 15.6. The van der Waals surface area contributed by atoms with Crippen molar-refractivity contribution in [1.82, 2.24) is 0 Å². The molecule has 0 radical (unpaired) electrons. The average molecular weight is 709 g/mol. The maximum atomic E-state index is 12.8. The Labute approximate surface area is 295 Å². The van der Waals surface area contributed by atoms with E-state index in [1.54, 1.807) is 73.7 Å². The Kier molecular flexibility index (Phi) is 17.1. The van der Waals surface area contributed by atoms with Gasteiger partial charge in [-0.3, -0.25) is 0 Å². The van der Waals surface area contributed by atoms with Crippen LogP contribution >= 0.6 is 0 Å². The van der Waals surface area contributed by atoms with Crippen LogP contribution in [0.1, 0.15) is 40.7 Å². The SMILES string of the molecule is C=CC(=O)OCCCCOC(=O)Oc1ccc(OCOc2ccc(OC(=O)c3ccc(C(=C)OCCC(=C)OOOCOC)cc3)cc2C)cc1. The summed E-state index contributed by atoms with van der Waals surface area (Å²) in [4.78, 5) is 45.0. The van der Waals surface area contributed by atoms with Crippen molar-refractivity contribution >= 4 is 23.9 Å². The fraction of sp³-hybridized carbons (Fsp3) is 0.270. The molecule has 3 rings (SSSR count). The molecule has 14 heteroatoms. The molecule has 0 fully saturated rings. The zero-order chi connectivity index (χ0) is 36.8. The number of hydrogen-bond donors (Lipinski definition) is 0. The minimum atomic E-state index is -0.853. The Morgan fingerprint density at radius 2 is 1.39 bits per heavy atom. The minimum absolute atomic E-state index is 0.0920. The van der Waals surface area contributed by atoms with Crippen LogP contribution in [0.2, 0.25) is 0 Å². The molecule has 14 nitrogen and oxygen atoms in total. The van der Waals surface area contributed by atoms with E-state index in [4.69, 9.17) is 38.0 Å². The lowest BCUT2D eigenvalue weighted by Crippen LogP contribution is -2.12. The molecular formula is C37H40O14. The monoisotopic (exact) mass is 708 g/mol. The van der Waals surface area contributed by atoms with Crippen molar-refractivity contribution in [3.8, 4) is 23.0 Å². The van der Waals surface area contributed by atoms with Gasteiger partial charge in [-0.15, -0.1) is 0 Å². The first-order chi connectivity index (χ1) is 24.7. The lowest BCUT2D eigenvalue weighted by atomic mass is 10.1. The molecular weight excluding hydrogens is 668 g/mol. The van der Waals surface area contributed by atoms with Crippen LogP contribution in [-0.4, -0.2) is 58.6 Å². The van der Waals surface area contributed by atoms with E-state index in [0.29, 0.717) is 53.4 Å². The Hall–Kier alpha value is -5.83. The van der Waals surface area contributed by atoms with Crippen LogP contribution in [0.5, 0.6) is 23.0 Å². The standard InChI is InChI=1S/C37H40O14/c1-6-35(38)43-20-7-8-21-44-37(40)49-32-15-13-31(14-16-32)45-25-46-34-18-17-33(23-26(34)2)48-36(39)30-11-9-29(10-12-30)28(4)42-22-19-27(3)50-51-47-24-41-5/h6,9-18,23H,1,3-4,7-8,19-22,24-25H2,2,5H3. The molecule has 0 aliphatic rings. The number of unbranched alkanes of at least 4 members (excludes halogenated alkanes) is 1. The Morgan fingerprint density at radius 1 is 0.725 bits per heavy atom. The normalized spacial score (nSPS) is 10.3. The highest BCUT2D eigenvalue weighted by Crippen LogP contribution is 2.25. The van der Waals surface area contributed by atoms with Gasteiger partial charge in [-0.2, -0.15) is 4.89 Å². The predicted molar refractivity (Wildman–Crippen MR) is 181 cm³/mol. The summed E-state index contributed by atoms with van der Waals surface area (Å²) in [6.45, 7) is 13.1. The molecule has 3 aromatic rings. The van der Waals surface area contributed by atoms with Crippen molar-refractivity contribution in [2.45, 2.75) is 26.2 Å². The lowest BCUT2D eigenvalue weighted by Gasteiger charge is -2.13. The quantitative estimate of drug-likeness (QED) is 0.0114. The minimum Gasteiger partial charge on any atom is -0.493 e. The van der Waals surface area contributed by atoms with E-state index >= 15 is 0 Å². The molecule has 0 aliphatic heterocycles. The van der Waals surface area contributed by atoms with Crippen LogP contribution in [-0.2, 0) is 38.6 Å². The van der Waals surface area contributed by atoms with Crippen molar-refractivity contribution < 1.29 is 67.1 Å². The molecule has 0 unspecified atom stereocenters. The molecule has 272 valence electrons. The van der Waals surface area contributed by atoms with Gasteiger partial charge < -0.3 is 42.8 Å². The highest BCUT2D eigenvalue weighted by Gasteiger charge is 2.12. The lowest BCUT2D eigenvalue weighted by molar-refractivity contribution is -0.512. The third-order valence-electron chi connectivity index (χ3n) is 6.46. The zero-order valence-corrected chi connectivity index (χ0v) is 28.4. The van der Waals surface area contributed by atoms with Crippen LogP contribution in [0.3, 0.4) is 0 Å². The van der Waals surface area contributed by atoms with E-state index in [2.05, 4.69) is 34.4 Å². The summed E-state index contributed by atoms with van der Waals surface area (Å²) in [6.07, 6.45) is 1.59. The molecule has 0 N–H and O–H groups in total. The fourth-order valence-corrected chi connectivity index (χ4v) is 3.84. The number of carbonyl (C=O) groups is 3. The molecule has 0 saturated carbocycles. The van der Waals surface area contributed by atoms with E-state index in [1.165, 1.54) is 7.11 Å². The molecule has 0 bridgehead atoms. The van der Waals surface area contributed by atoms with Crippen molar-refractivity contribution in [1.29, 1.82) is 0 Å². The molecule has 3 aromatic carbocycles. The summed E-state index contributed by atoms with van der Waals surface area (Å²) in [5.41, 5.74) is 1.73. The second-order valence-electron chi connectivity index (χ2n) is 10.3. The van der Waals surface area contributed by atoms with Crippen LogP contribution < -0.4 is 18.9 Å². The van der Waals surface area contributed by atoms with Gasteiger partial charge in [-0.25, -0.2) is 14.4 Å². The molecule has 0 spiro atoms. The largest absolute Gasteiger partial charge is 0.513 e. The van der Waals surface area contributed by atoms with Gasteiger partial charge >= 0.3 is 18.1 Å². The number of methoxy groups -OCH3 is 1. The molecule has 0 amide bonds. The van der Waals surface area contributed by atoms with Gasteiger partial charge in [-0.1, -0.05) is 31.9 Å². The second kappa shape index (κ2) is 22.0. The Morgan fingerprint density at radius 3 is 2.08 bits per heavy atom. The van der Waals surface area contributed by atoms with Crippen molar-refractivity contribution in [3.63, 3.8) is 0 Å². The zero-order valence-electron chi connectivity index (χ0n) is 28.4. The second-order valence-corrected chi connectivity index (χ2v) is 10.3. The van der Waals surface area contributed by atoms with Gasteiger partial charge in [-0.05, 0) is 85.0 Å². The maximum Gasteiger partial charge on any atom is 0.513 e. The van der Waals surface area contributed by atoms with Crippen LogP contribution in [0.4, 0.5) is 4.79 Å². The molecule has 0 heterocycles. The van der Waals surface area contributed by atoms with Crippen molar-refractivity contribution in [2.75, 3.05) is 40.5 Å². The number of aryl methyl sites for hydroxylation is 1. The summed E-state index contributed by atoms with van der Waals surface area (Å²) < 4.78 is 42.1. The van der Waals surface area contributed by atoms with Crippen molar-refractivity contribution in [3.05, 3.63) is 115 Å².